The van der Waals surface area contributed by atoms with Gasteiger partial charge in [0.25, 0.3) is 5.91 Å². The first-order valence-corrected chi connectivity index (χ1v) is 8.44. The zero-order chi connectivity index (χ0) is 19.4. The Morgan fingerprint density at radius 2 is 2.00 bits per heavy atom. The Labute approximate surface area is 160 Å². The number of para-hydroxylation sites is 2. The van der Waals surface area contributed by atoms with Gasteiger partial charge in [0.05, 0.1) is 24.2 Å². The van der Waals surface area contributed by atoms with Gasteiger partial charge < -0.3 is 19.5 Å². The topological polar surface area (TPSA) is 90.9 Å². The fourth-order valence-electron chi connectivity index (χ4n) is 2.51. The first-order valence-electron chi connectivity index (χ1n) is 8.07. The fourth-order valence-corrected chi connectivity index (χ4v) is 2.76. The Bertz CT molecular complexity index is 898. The summed E-state index contributed by atoms with van der Waals surface area (Å²) in [6.07, 6.45) is -1.32. The molecule has 2 aromatic rings. The lowest BCUT2D eigenvalue weighted by Crippen LogP contribution is -2.39. The number of nitrogens with one attached hydrogen (secondary N) is 1. The number of anilines is 1. The van der Waals surface area contributed by atoms with E-state index >= 15 is 0 Å². The van der Waals surface area contributed by atoms with Gasteiger partial charge in [-0.1, -0.05) is 23.7 Å². The van der Waals surface area contributed by atoms with Crippen LogP contribution in [0.3, 0.4) is 0 Å². The second kappa shape index (κ2) is 8.09. The Hall–Kier alpha value is -3.06. The van der Waals surface area contributed by atoms with Gasteiger partial charge in [0, 0.05) is 5.56 Å². The van der Waals surface area contributed by atoms with Crippen molar-refractivity contribution in [2.75, 3.05) is 19.0 Å². The largest absolute Gasteiger partial charge is 0.495 e. The lowest BCUT2D eigenvalue weighted by atomic mass is 10.1. The third-order valence-electron chi connectivity index (χ3n) is 3.90. The summed E-state index contributed by atoms with van der Waals surface area (Å²) in [5.74, 6) is -0.682. The van der Waals surface area contributed by atoms with Gasteiger partial charge in [-0.25, -0.2) is 0 Å². The molecule has 1 aliphatic heterocycles. The molecule has 0 aliphatic carbocycles. The highest BCUT2D eigenvalue weighted by Gasteiger charge is 2.30. The summed E-state index contributed by atoms with van der Waals surface area (Å²) >= 11 is 5.98. The predicted molar refractivity (Wildman–Crippen MR) is 97.4 cm³/mol. The molecule has 0 spiro atoms. The standard InChI is InChI=1S/C19H16ClNO6/c1-25-15-7-6-11(8-12(15)20)14(22)10-26-18(23)9-17-19(24)21-13-4-2-3-5-16(13)27-17/h2-8,17H,9-10H2,1H3,(H,21,24)/t17-/m1/s1. The molecule has 27 heavy (non-hydrogen) atoms. The van der Waals surface area contributed by atoms with Crippen LogP contribution in [0.5, 0.6) is 11.5 Å². The van der Waals surface area contributed by atoms with Crippen molar-refractivity contribution in [3.05, 3.63) is 53.1 Å². The van der Waals surface area contributed by atoms with Gasteiger partial charge in [-0.05, 0) is 30.3 Å². The number of carbonyl (C=O) groups excluding carboxylic acids is 3. The summed E-state index contributed by atoms with van der Waals surface area (Å²) in [5, 5.41) is 2.94. The third kappa shape index (κ3) is 4.38. The van der Waals surface area contributed by atoms with Crippen LogP contribution in [0.2, 0.25) is 5.02 Å². The average Bonchev–Trinajstić information content (AvgIpc) is 2.66. The highest BCUT2D eigenvalue weighted by atomic mass is 35.5. The zero-order valence-corrected chi connectivity index (χ0v) is 15.1. The first kappa shape index (κ1) is 18.7. The average molecular weight is 390 g/mol. The normalized spacial score (nSPS) is 15.2. The smallest absolute Gasteiger partial charge is 0.310 e. The number of ether oxygens (including phenoxy) is 3. The van der Waals surface area contributed by atoms with Crippen molar-refractivity contribution in [2.45, 2.75) is 12.5 Å². The van der Waals surface area contributed by atoms with E-state index in [0.717, 1.165) is 0 Å². The molecule has 3 rings (SSSR count). The van der Waals surface area contributed by atoms with Crippen LogP contribution < -0.4 is 14.8 Å². The molecule has 0 saturated heterocycles. The number of carbonyl (C=O) groups is 3. The molecule has 0 bridgehead atoms. The molecule has 7 nitrogen and oxygen atoms in total. The summed E-state index contributed by atoms with van der Waals surface area (Å²) in [6.45, 7) is -0.466. The van der Waals surface area contributed by atoms with E-state index < -0.39 is 30.4 Å². The molecule has 1 N–H and O–H groups in total. The van der Waals surface area contributed by atoms with Crippen LogP contribution in [0.15, 0.2) is 42.5 Å². The van der Waals surface area contributed by atoms with Gasteiger partial charge in [-0.15, -0.1) is 0 Å². The van der Waals surface area contributed by atoms with Crippen molar-refractivity contribution in [3.8, 4) is 11.5 Å². The molecular weight excluding hydrogens is 374 g/mol. The molecule has 0 saturated carbocycles. The molecule has 8 heteroatoms. The van der Waals surface area contributed by atoms with E-state index in [0.29, 0.717) is 17.2 Å². The van der Waals surface area contributed by atoms with Gasteiger partial charge in [-0.2, -0.15) is 0 Å². The Morgan fingerprint density at radius 3 is 2.74 bits per heavy atom. The van der Waals surface area contributed by atoms with Gasteiger partial charge in [0.1, 0.15) is 11.5 Å². The van der Waals surface area contributed by atoms with Crippen LogP contribution in [-0.4, -0.2) is 37.5 Å². The fraction of sp³-hybridized carbons (Fsp3) is 0.211. The first-order chi connectivity index (χ1) is 13.0. The Kier molecular flexibility index (Phi) is 5.61. The van der Waals surface area contributed by atoms with Gasteiger partial charge in [0.2, 0.25) is 0 Å². The number of fused-ring (bicyclic) bond motifs is 1. The van der Waals surface area contributed by atoms with Gasteiger partial charge in [-0.3, -0.25) is 14.4 Å². The molecular formula is C19H16ClNO6. The van der Waals surface area contributed by atoms with E-state index in [1.54, 1.807) is 30.3 Å². The summed E-state index contributed by atoms with van der Waals surface area (Å²) < 4.78 is 15.5. The van der Waals surface area contributed by atoms with Crippen molar-refractivity contribution in [2.24, 2.45) is 0 Å². The molecule has 0 fully saturated rings. The molecule has 140 valence electrons. The van der Waals surface area contributed by atoms with E-state index in [9.17, 15) is 14.4 Å². The summed E-state index contributed by atoms with van der Waals surface area (Å²) in [4.78, 5) is 36.1. The van der Waals surface area contributed by atoms with E-state index in [4.69, 9.17) is 25.8 Å². The number of amides is 1. The van der Waals surface area contributed by atoms with Crippen LogP contribution in [0.4, 0.5) is 5.69 Å². The van der Waals surface area contributed by atoms with Crippen LogP contribution in [0.25, 0.3) is 0 Å². The quantitative estimate of drug-likeness (QED) is 0.603. The molecule has 1 atom stereocenters. The monoisotopic (exact) mass is 389 g/mol. The molecule has 1 amide bonds. The lowest BCUT2D eigenvalue weighted by Gasteiger charge is -2.25. The zero-order valence-electron chi connectivity index (χ0n) is 14.4. The molecule has 1 aliphatic rings. The minimum atomic E-state index is -1.02. The molecule has 0 aromatic heterocycles. The number of ketones is 1. The second-order valence-electron chi connectivity index (χ2n) is 5.73. The van der Waals surface area contributed by atoms with Crippen molar-refractivity contribution in [3.63, 3.8) is 0 Å². The number of benzene rings is 2. The summed E-state index contributed by atoms with van der Waals surface area (Å²) in [5.41, 5.74) is 0.827. The highest BCUT2D eigenvalue weighted by Crippen LogP contribution is 2.29. The maximum atomic E-state index is 12.1. The highest BCUT2D eigenvalue weighted by molar-refractivity contribution is 6.32. The minimum absolute atomic E-state index is 0.278. The van der Waals surface area contributed by atoms with E-state index in [-0.39, 0.29) is 17.0 Å². The number of hydrogen-bond donors (Lipinski definition) is 1. The van der Waals surface area contributed by atoms with Crippen molar-refractivity contribution < 1.29 is 28.6 Å². The number of esters is 1. The van der Waals surface area contributed by atoms with Crippen molar-refractivity contribution >= 4 is 34.9 Å². The molecule has 0 unspecified atom stereocenters. The van der Waals surface area contributed by atoms with E-state index in [1.165, 1.54) is 19.2 Å². The van der Waals surface area contributed by atoms with Crippen LogP contribution in [-0.2, 0) is 14.3 Å². The van der Waals surface area contributed by atoms with Gasteiger partial charge in [0.15, 0.2) is 18.5 Å². The third-order valence-corrected chi connectivity index (χ3v) is 4.19. The number of rotatable bonds is 6. The maximum Gasteiger partial charge on any atom is 0.310 e. The van der Waals surface area contributed by atoms with Crippen molar-refractivity contribution in [1.29, 1.82) is 0 Å². The van der Waals surface area contributed by atoms with Crippen LogP contribution in [0, 0.1) is 0 Å². The van der Waals surface area contributed by atoms with Crippen LogP contribution >= 0.6 is 11.6 Å². The van der Waals surface area contributed by atoms with E-state index in [2.05, 4.69) is 5.32 Å². The number of hydrogen-bond acceptors (Lipinski definition) is 6. The molecule has 1 heterocycles. The summed E-state index contributed by atoms with van der Waals surface area (Å²) in [6, 6.07) is 11.4. The van der Waals surface area contributed by atoms with Crippen LogP contribution in [0.1, 0.15) is 16.8 Å². The number of Topliss-reactive ketones (excluding diaryl/α,β-unsaturated/α-hetero) is 1. The van der Waals surface area contributed by atoms with Crippen molar-refractivity contribution in [1.82, 2.24) is 0 Å². The number of methoxy groups -OCH3 is 1. The number of halogens is 1. The molecule has 2 aromatic carbocycles. The maximum absolute atomic E-state index is 12.1. The molecule has 0 radical (unpaired) electrons. The summed E-state index contributed by atoms with van der Waals surface area (Å²) in [7, 11) is 1.46. The predicted octanol–water partition coefficient (Wildman–Crippen LogP) is 2.86. The minimum Gasteiger partial charge on any atom is -0.495 e. The van der Waals surface area contributed by atoms with E-state index in [1.807, 2.05) is 0 Å². The lowest BCUT2D eigenvalue weighted by molar-refractivity contribution is -0.146. The Balaban J connectivity index is 1.55. The Morgan fingerprint density at radius 1 is 1.22 bits per heavy atom. The second-order valence-corrected chi connectivity index (χ2v) is 6.14. The van der Waals surface area contributed by atoms with Gasteiger partial charge >= 0.3 is 5.97 Å². The SMILES string of the molecule is COc1ccc(C(=O)COC(=O)C[C@H]2Oc3ccccc3NC2=O)cc1Cl.